The third-order valence-corrected chi connectivity index (χ3v) is 2.55. The molecule has 0 fully saturated rings. The summed E-state index contributed by atoms with van der Waals surface area (Å²) in [6, 6.07) is 9.26. The quantitative estimate of drug-likeness (QED) is 0.587. The smallest absolute Gasteiger partial charge is 0.185 e. The van der Waals surface area contributed by atoms with Crippen LogP contribution in [0.1, 0.15) is 29.8 Å². The van der Waals surface area contributed by atoms with Gasteiger partial charge in [0.2, 0.25) is 0 Å². The molecule has 1 rings (SSSR count). The average molecular weight is 228 g/mol. The number of aliphatic imine (C=N–C) groups is 1. The van der Waals surface area contributed by atoms with Gasteiger partial charge in [0.15, 0.2) is 5.78 Å². The van der Waals surface area contributed by atoms with Gasteiger partial charge in [-0.2, -0.15) is 5.26 Å². The van der Waals surface area contributed by atoms with Crippen LogP contribution in [0.3, 0.4) is 0 Å². The molecule has 0 saturated carbocycles. The number of Topliss-reactive ketones (excluding diaryl/α,β-unsaturated/α-hetero) is 1. The molecule has 0 bridgehead atoms. The van der Waals surface area contributed by atoms with Crippen LogP contribution >= 0.6 is 0 Å². The summed E-state index contributed by atoms with van der Waals surface area (Å²) in [5.74, 6) is -0.945. The zero-order chi connectivity index (χ0) is 12.8. The molecule has 0 spiro atoms. The van der Waals surface area contributed by atoms with E-state index in [9.17, 15) is 4.79 Å². The minimum Gasteiger partial charge on any atom is -0.293 e. The first-order valence-electron chi connectivity index (χ1n) is 5.61. The topological polar surface area (TPSA) is 53.2 Å². The van der Waals surface area contributed by atoms with Gasteiger partial charge in [0, 0.05) is 17.8 Å². The Morgan fingerprint density at radius 2 is 2.00 bits per heavy atom. The third kappa shape index (κ3) is 3.25. The van der Waals surface area contributed by atoms with Gasteiger partial charge in [-0.25, -0.2) is 0 Å². The van der Waals surface area contributed by atoms with E-state index in [1.807, 2.05) is 32.0 Å². The molecule has 0 amide bonds. The van der Waals surface area contributed by atoms with Crippen molar-refractivity contribution >= 4 is 11.5 Å². The Kier molecular flexibility index (Phi) is 4.59. The molecule has 1 unspecified atom stereocenters. The van der Waals surface area contributed by atoms with E-state index in [1.54, 1.807) is 19.1 Å². The third-order valence-electron chi connectivity index (χ3n) is 2.55. The van der Waals surface area contributed by atoms with Crippen LogP contribution in [-0.4, -0.2) is 18.0 Å². The molecule has 0 aromatic heterocycles. The molecule has 1 aromatic rings. The molecule has 17 heavy (non-hydrogen) atoms. The maximum atomic E-state index is 12.1. The van der Waals surface area contributed by atoms with Gasteiger partial charge in [-0.1, -0.05) is 29.8 Å². The van der Waals surface area contributed by atoms with Gasteiger partial charge in [-0.15, -0.1) is 0 Å². The van der Waals surface area contributed by atoms with Crippen LogP contribution in [0, 0.1) is 24.2 Å². The lowest BCUT2D eigenvalue weighted by molar-refractivity contribution is 0.0975. The van der Waals surface area contributed by atoms with E-state index < -0.39 is 5.92 Å². The maximum Gasteiger partial charge on any atom is 0.185 e. The lowest BCUT2D eigenvalue weighted by atomic mass is 9.94. The Hall–Kier alpha value is -1.95. The predicted octanol–water partition coefficient (Wildman–Crippen LogP) is 2.80. The number of carbonyl (C=O) groups is 1. The summed E-state index contributed by atoms with van der Waals surface area (Å²) in [7, 11) is 0. The molecular formula is C14H16N2O. The molecule has 3 nitrogen and oxygen atoms in total. The fraction of sp³-hybridized carbons (Fsp3) is 0.357. The number of benzene rings is 1. The molecule has 0 aliphatic heterocycles. The van der Waals surface area contributed by atoms with Gasteiger partial charge in [0.25, 0.3) is 0 Å². The van der Waals surface area contributed by atoms with Gasteiger partial charge >= 0.3 is 0 Å². The van der Waals surface area contributed by atoms with Gasteiger partial charge < -0.3 is 0 Å². The van der Waals surface area contributed by atoms with Crippen molar-refractivity contribution in [3.05, 3.63) is 35.4 Å². The van der Waals surface area contributed by atoms with Crippen LogP contribution in [0.5, 0.6) is 0 Å². The van der Waals surface area contributed by atoms with Crippen molar-refractivity contribution in [2.45, 2.75) is 20.8 Å². The first kappa shape index (κ1) is 13.1. The fourth-order valence-electron chi connectivity index (χ4n) is 1.57. The highest BCUT2D eigenvalue weighted by atomic mass is 16.1. The summed E-state index contributed by atoms with van der Waals surface area (Å²) in [5.41, 5.74) is 2.24. The molecule has 0 radical (unpaired) electrons. The van der Waals surface area contributed by atoms with Crippen molar-refractivity contribution in [2.75, 3.05) is 6.54 Å². The standard InChI is InChI=1S/C14H16N2O/c1-4-16-11(3)13(9-15)14(17)12-7-5-10(2)6-8-12/h5-8,13H,4H2,1-3H3. The molecular weight excluding hydrogens is 212 g/mol. The number of rotatable bonds is 4. The lowest BCUT2D eigenvalue weighted by Crippen LogP contribution is -2.21. The molecule has 3 heteroatoms. The van der Waals surface area contributed by atoms with Gasteiger partial charge in [0.05, 0.1) is 6.07 Å². The normalized spacial score (nSPS) is 12.9. The number of nitrogens with zero attached hydrogens (tertiary/aromatic N) is 2. The van der Waals surface area contributed by atoms with Crippen molar-refractivity contribution in [3.8, 4) is 6.07 Å². The maximum absolute atomic E-state index is 12.1. The highest BCUT2D eigenvalue weighted by Crippen LogP contribution is 2.11. The molecule has 0 aliphatic carbocycles. The van der Waals surface area contributed by atoms with E-state index in [1.165, 1.54) is 0 Å². The lowest BCUT2D eigenvalue weighted by Gasteiger charge is -2.08. The van der Waals surface area contributed by atoms with E-state index >= 15 is 0 Å². The van der Waals surface area contributed by atoms with Crippen LogP contribution in [0.2, 0.25) is 0 Å². The highest BCUT2D eigenvalue weighted by Gasteiger charge is 2.22. The van der Waals surface area contributed by atoms with Crippen molar-refractivity contribution in [3.63, 3.8) is 0 Å². The van der Waals surface area contributed by atoms with Crippen LogP contribution in [-0.2, 0) is 0 Å². The first-order chi connectivity index (χ1) is 8.10. The Morgan fingerprint density at radius 3 is 2.47 bits per heavy atom. The molecule has 88 valence electrons. The van der Waals surface area contributed by atoms with E-state index in [-0.39, 0.29) is 5.78 Å². The largest absolute Gasteiger partial charge is 0.293 e. The molecule has 0 aliphatic rings. The summed E-state index contributed by atoms with van der Waals surface area (Å²) in [4.78, 5) is 16.2. The summed E-state index contributed by atoms with van der Waals surface area (Å²) >= 11 is 0. The highest BCUT2D eigenvalue weighted by molar-refractivity contribution is 6.13. The zero-order valence-corrected chi connectivity index (χ0v) is 10.4. The van der Waals surface area contributed by atoms with Crippen LogP contribution in [0.25, 0.3) is 0 Å². The Labute approximate surface area is 102 Å². The molecule has 0 heterocycles. The van der Waals surface area contributed by atoms with Gasteiger partial charge in [-0.3, -0.25) is 9.79 Å². The van der Waals surface area contributed by atoms with E-state index in [0.717, 1.165) is 5.56 Å². The second-order valence-electron chi connectivity index (χ2n) is 3.91. The number of hydrogen-bond donors (Lipinski definition) is 0. The second kappa shape index (κ2) is 5.95. The van der Waals surface area contributed by atoms with E-state index in [4.69, 9.17) is 5.26 Å². The molecule has 0 saturated heterocycles. The van der Waals surface area contributed by atoms with Gasteiger partial charge in [0.1, 0.15) is 5.92 Å². The Balaban J connectivity index is 2.99. The minimum absolute atomic E-state index is 0.179. The SMILES string of the molecule is CCN=C(C)C(C#N)C(=O)c1ccc(C)cc1. The average Bonchev–Trinajstić information content (AvgIpc) is 2.31. The number of nitriles is 1. The van der Waals surface area contributed by atoms with Crippen molar-refractivity contribution in [1.29, 1.82) is 5.26 Å². The Morgan fingerprint density at radius 1 is 1.41 bits per heavy atom. The van der Waals surface area contributed by atoms with E-state index in [2.05, 4.69) is 4.99 Å². The van der Waals surface area contributed by atoms with E-state index in [0.29, 0.717) is 17.8 Å². The molecule has 1 atom stereocenters. The second-order valence-corrected chi connectivity index (χ2v) is 3.91. The number of carbonyl (C=O) groups excluding carboxylic acids is 1. The number of hydrogen-bond acceptors (Lipinski definition) is 3. The minimum atomic E-state index is -0.766. The van der Waals surface area contributed by atoms with Crippen molar-refractivity contribution in [2.24, 2.45) is 10.9 Å². The van der Waals surface area contributed by atoms with Crippen molar-refractivity contribution < 1.29 is 4.79 Å². The van der Waals surface area contributed by atoms with Crippen LogP contribution in [0.4, 0.5) is 0 Å². The number of ketones is 1. The first-order valence-corrected chi connectivity index (χ1v) is 5.61. The van der Waals surface area contributed by atoms with Gasteiger partial charge in [-0.05, 0) is 20.8 Å². The monoisotopic (exact) mass is 228 g/mol. The number of aryl methyl sites for hydroxylation is 1. The molecule has 1 aromatic carbocycles. The zero-order valence-electron chi connectivity index (χ0n) is 10.4. The molecule has 0 N–H and O–H groups in total. The summed E-state index contributed by atoms with van der Waals surface area (Å²) in [6.45, 7) is 6.16. The van der Waals surface area contributed by atoms with Crippen molar-refractivity contribution in [1.82, 2.24) is 0 Å². The summed E-state index contributed by atoms with van der Waals surface area (Å²) < 4.78 is 0. The fourth-order valence-corrected chi connectivity index (χ4v) is 1.57. The summed E-state index contributed by atoms with van der Waals surface area (Å²) in [5, 5.41) is 9.06. The van der Waals surface area contributed by atoms with Crippen LogP contribution < -0.4 is 0 Å². The predicted molar refractivity (Wildman–Crippen MR) is 68.3 cm³/mol. The Bertz CT molecular complexity index is 466. The van der Waals surface area contributed by atoms with Crippen LogP contribution in [0.15, 0.2) is 29.3 Å². The summed E-state index contributed by atoms with van der Waals surface area (Å²) in [6.07, 6.45) is 0.